The van der Waals surface area contributed by atoms with E-state index in [1.807, 2.05) is 31.2 Å². The summed E-state index contributed by atoms with van der Waals surface area (Å²) in [7, 11) is 1.57. The van der Waals surface area contributed by atoms with Gasteiger partial charge in [0.2, 0.25) is 0 Å². The second-order valence-electron chi connectivity index (χ2n) is 5.85. The highest BCUT2D eigenvalue weighted by Gasteiger charge is 2.11. The maximum atomic E-state index is 12.3. The van der Waals surface area contributed by atoms with Crippen LogP contribution in [0.5, 0.6) is 5.75 Å². The topological polar surface area (TPSA) is 55.6 Å². The van der Waals surface area contributed by atoms with Gasteiger partial charge in [0.25, 0.3) is 5.91 Å². The van der Waals surface area contributed by atoms with Crippen LogP contribution in [0.25, 0.3) is 10.9 Å². The van der Waals surface area contributed by atoms with Crippen LogP contribution in [0.15, 0.2) is 66.3 Å². The molecule has 0 bridgehead atoms. The molecule has 1 aromatic heterocycles. The number of hydrogen-bond donors (Lipinski definition) is 1. The molecule has 132 valence electrons. The Kier molecular flexibility index (Phi) is 5.17. The average molecular weight is 347 g/mol. The van der Waals surface area contributed by atoms with Crippen molar-refractivity contribution in [2.24, 2.45) is 5.10 Å². The number of carbonyl (C=O) groups excluding carboxylic acids is 1. The summed E-state index contributed by atoms with van der Waals surface area (Å²) in [4.78, 5) is 12.3. The van der Waals surface area contributed by atoms with Gasteiger partial charge in [-0.05, 0) is 31.2 Å². The number of aromatic nitrogens is 1. The van der Waals surface area contributed by atoms with Crippen molar-refractivity contribution in [3.63, 3.8) is 0 Å². The molecule has 5 heteroatoms. The first-order valence-electron chi connectivity index (χ1n) is 8.32. The van der Waals surface area contributed by atoms with Gasteiger partial charge in [-0.2, -0.15) is 5.10 Å². The lowest BCUT2D eigenvalue weighted by atomic mass is 10.1. The largest absolute Gasteiger partial charge is 0.497 e. The molecule has 0 fully saturated rings. The van der Waals surface area contributed by atoms with Gasteiger partial charge in [-0.15, -0.1) is 6.58 Å². The zero-order valence-corrected chi connectivity index (χ0v) is 14.9. The third-order valence-corrected chi connectivity index (χ3v) is 4.28. The minimum atomic E-state index is -0.285. The molecule has 26 heavy (non-hydrogen) atoms. The van der Waals surface area contributed by atoms with Crippen LogP contribution in [0.4, 0.5) is 0 Å². The van der Waals surface area contributed by atoms with E-state index < -0.39 is 0 Å². The maximum absolute atomic E-state index is 12.3. The van der Waals surface area contributed by atoms with Crippen molar-refractivity contribution in [2.45, 2.75) is 13.5 Å². The molecule has 0 aliphatic rings. The summed E-state index contributed by atoms with van der Waals surface area (Å²) in [6.45, 7) is 6.58. The predicted octanol–water partition coefficient (Wildman–Crippen LogP) is 3.91. The third kappa shape index (κ3) is 3.37. The first-order chi connectivity index (χ1) is 12.7. The number of hydrazone groups is 1. The van der Waals surface area contributed by atoms with Crippen LogP contribution in [-0.4, -0.2) is 23.8 Å². The molecule has 0 unspecified atom stereocenters. The van der Waals surface area contributed by atoms with Crippen molar-refractivity contribution in [1.29, 1.82) is 0 Å². The Morgan fingerprint density at radius 2 is 2.08 bits per heavy atom. The van der Waals surface area contributed by atoms with Crippen LogP contribution in [-0.2, 0) is 6.54 Å². The van der Waals surface area contributed by atoms with Crippen LogP contribution in [0, 0.1) is 6.92 Å². The Morgan fingerprint density at radius 3 is 2.85 bits per heavy atom. The number of para-hydroxylation sites is 1. The lowest BCUT2D eigenvalue weighted by molar-refractivity contribution is 0.0955. The van der Waals surface area contributed by atoms with Gasteiger partial charge in [-0.1, -0.05) is 30.3 Å². The molecule has 2 aromatic carbocycles. The number of allylic oxidation sites excluding steroid dienone is 1. The van der Waals surface area contributed by atoms with Crippen molar-refractivity contribution in [1.82, 2.24) is 9.99 Å². The number of amides is 1. The van der Waals surface area contributed by atoms with Crippen LogP contribution in [0.3, 0.4) is 0 Å². The van der Waals surface area contributed by atoms with Gasteiger partial charge >= 0.3 is 0 Å². The van der Waals surface area contributed by atoms with Crippen molar-refractivity contribution in [3.8, 4) is 5.75 Å². The van der Waals surface area contributed by atoms with Crippen molar-refractivity contribution >= 4 is 23.0 Å². The van der Waals surface area contributed by atoms with Gasteiger partial charge in [0.05, 0.1) is 13.3 Å². The summed E-state index contributed by atoms with van der Waals surface area (Å²) >= 11 is 0. The molecule has 0 spiro atoms. The van der Waals surface area contributed by atoms with E-state index in [0.29, 0.717) is 11.3 Å². The van der Waals surface area contributed by atoms with E-state index in [4.69, 9.17) is 4.74 Å². The lowest BCUT2D eigenvalue weighted by Gasteiger charge is -2.04. The number of methoxy groups -OCH3 is 1. The van der Waals surface area contributed by atoms with Crippen molar-refractivity contribution in [3.05, 3.63) is 78.0 Å². The van der Waals surface area contributed by atoms with Gasteiger partial charge < -0.3 is 9.30 Å². The summed E-state index contributed by atoms with van der Waals surface area (Å²) in [5, 5.41) is 5.24. The molecule has 0 saturated carbocycles. The molecular formula is C21H21N3O2. The number of hydrogen-bond acceptors (Lipinski definition) is 3. The first-order valence-corrected chi connectivity index (χ1v) is 8.32. The number of rotatable bonds is 6. The van der Waals surface area contributed by atoms with Crippen molar-refractivity contribution < 1.29 is 9.53 Å². The number of benzene rings is 2. The molecule has 1 heterocycles. The molecule has 1 N–H and O–H groups in total. The predicted molar refractivity (Wildman–Crippen MR) is 105 cm³/mol. The van der Waals surface area contributed by atoms with E-state index in [0.717, 1.165) is 28.7 Å². The van der Waals surface area contributed by atoms with E-state index in [-0.39, 0.29) is 5.91 Å². The van der Waals surface area contributed by atoms with Crippen LogP contribution < -0.4 is 10.2 Å². The summed E-state index contributed by atoms with van der Waals surface area (Å²) in [5.41, 5.74) is 6.24. The summed E-state index contributed by atoms with van der Waals surface area (Å²) in [6, 6.07) is 15.1. The molecule has 0 radical (unpaired) electrons. The number of carbonyl (C=O) groups is 1. The molecule has 1 amide bonds. The molecule has 5 nitrogen and oxygen atoms in total. The lowest BCUT2D eigenvalue weighted by Crippen LogP contribution is -2.17. The van der Waals surface area contributed by atoms with E-state index in [9.17, 15) is 4.79 Å². The Balaban J connectivity index is 1.85. The van der Waals surface area contributed by atoms with Gasteiger partial charge in [0, 0.05) is 34.3 Å². The minimum absolute atomic E-state index is 0.285. The van der Waals surface area contributed by atoms with Crippen LogP contribution in [0.2, 0.25) is 0 Å². The highest BCUT2D eigenvalue weighted by Crippen LogP contribution is 2.24. The summed E-state index contributed by atoms with van der Waals surface area (Å²) < 4.78 is 7.31. The number of nitrogens with zero attached hydrogens (tertiary/aromatic N) is 2. The molecule has 3 aromatic rings. The Labute approximate surface area is 152 Å². The van der Waals surface area contributed by atoms with Crippen molar-refractivity contribution in [2.75, 3.05) is 7.11 Å². The molecular weight excluding hydrogens is 326 g/mol. The average Bonchev–Trinajstić information content (AvgIpc) is 2.94. The standard InChI is InChI=1S/C21H21N3O2/c1-4-12-24-15(2)19(18-10-5-6-11-20(18)24)14-22-23-21(25)16-8-7-9-17(13-16)26-3/h4-11,13-14H,1,12H2,2-3H3,(H,23,25)/b22-14+. The van der Waals surface area contributed by atoms with Gasteiger partial charge in [-0.25, -0.2) is 5.43 Å². The maximum Gasteiger partial charge on any atom is 0.271 e. The SMILES string of the molecule is C=CCn1c(C)c(/C=N/NC(=O)c2cccc(OC)c2)c2ccccc21. The van der Waals surface area contributed by atoms with E-state index in [2.05, 4.69) is 27.7 Å². The molecule has 0 atom stereocenters. The molecule has 0 aliphatic heterocycles. The van der Waals surface area contributed by atoms with E-state index in [1.54, 1.807) is 37.6 Å². The fourth-order valence-electron chi connectivity index (χ4n) is 2.97. The molecule has 3 rings (SSSR count). The Morgan fingerprint density at radius 1 is 1.27 bits per heavy atom. The van der Waals surface area contributed by atoms with Gasteiger partial charge in [0.1, 0.15) is 5.75 Å². The third-order valence-electron chi connectivity index (χ3n) is 4.28. The quantitative estimate of drug-likeness (QED) is 0.418. The van der Waals surface area contributed by atoms with Gasteiger partial charge in [0.15, 0.2) is 0 Å². The van der Waals surface area contributed by atoms with Crippen LogP contribution in [0.1, 0.15) is 21.6 Å². The summed E-state index contributed by atoms with van der Waals surface area (Å²) in [6.07, 6.45) is 3.56. The van der Waals surface area contributed by atoms with Crippen LogP contribution >= 0.6 is 0 Å². The number of nitrogens with one attached hydrogen (secondary N) is 1. The zero-order valence-electron chi connectivity index (χ0n) is 14.9. The Bertz CT molecular complexity index is 986. The second kappa shape index (κ2) is 7.70. The fourth-order valence-corrected chi connectivity index (χ4v) is 2.97. The minimum Gasteiger partial charge on any atom is -0.497 e. The second-order valence-corrected chi connectivity index (χ2v) is 5.85. The highest BCUT2D eigenvalue weighted by atomic mass is 16.5. The number of ether oxygens (including phenoxy) is 1. The zero-order chi connectivity index (χ0) is 18.5. The Hall–Kier alpha value is -3.34. The number of fused-ring (bicyclic) bond motifs is 1. The monoisotopic (exact) mass is 347 g/mol. The highest BCUT2D eigenvalue weighted by molar-refractivity contribution is 6.02. The molecule has 0 aliphatic carbocycles. The fraction of sp³-hybridized carbons (Fsp3) is 0.143. The summed E-state index contributed by atoms with van der Waals surface area (Å²) in [5.74, 6) is 0.345. The first kappa shape index (κ1) is 17.5. The van der Waals surface area contributed by atoms with Gasteiger partial charge in [-0.3, -0.25) is 4.79 Å². The van der Waals surface area contributed by atoms with E-state index >= 15 is 0 Å². The molecule has 0 saturated heterocycles. The normalized spacial score (nSPS) is 11.0. The van der Waals surface area contributed by atoms with E-state index in [1.165, 1.54) is 0 Å². The smallest absolute Gasteiger partial charge is 0.271 e.